The highest BCUT2D eigenvalue weighted by Gasteiger charge is 2.29. The van der Waals surface area contributed by atoms with Crippen molar-refractivity contribution in [3.8, 4) is 0 Å². The average molecular weight is 397 g/mol. The van der Waals surface area contributed by atoms with Crippen molar-refractivity contribution in [3.63, 3.8) is 0 Å². The van der Waals surface area contributed by atoms with Gasteiger partial charge in [-0.3, -0.25) is 0 Å². The van der Waals surface area contributed by atoms with Crippen LogP contribution in [-0.4, -0.2) is 41.8 Å². The van der Waals surface area contributed by atoms with Gasteiger partial charge in [0.15, 0.2) is 0 Å². The van der Waals surface area contributed by atoms with E-state index in [4.69, 9.17) is 0 Å². The molecule has 0 atom stereocenters. The van der Waals surface area contributed by atoms with Crippen molar-refractivity contribution in [1.29, 1.82) is 0 Å². The van der Waals surface area contributed by atoms with Crippen molar-refractivity contribution in [2.45, 2.75) is 23.8 Å². The molecule has 1 aromatic heterocycles. The topological polar surface area (TPSA) is 75.2 Å². The molecule has 8 heteroatoms. The molecule has 0 spiro atoms. The van der Waals surface area contributed by atoms with Crippen molar-refractivity contribution in [3.05, 3.63) is 47.3 Å². The Morgan fingerprint density at radius 1 is 1.13 bits per heavy atom. The Kier molecular flexibility index (Phi) is 4.93. The molecule has 0 saturated carbocycles. The van der Waals surface area contributed by atoms with Gasteiger partial charge in [-0.05, 0) is 43.2 Å². The maximum absolute atomic E-state index is 12.6. The number of nitrogens with zero attached hydrogens (tertiary/aromatic N) is 3. The molecule has 23 heavy (non-hydrogen) atoms. The summed E-state index contributed by atoms with van der Waals surface area (Å²) in [6.45, 7) is 1.00. The molecule has 1 N–H and O–H groups in total. The van der Waals surface area contributed by atoms with Crippen LogP contribution in [0, 0.1) is 0 Å². The zero-order chi connectivity index (χ0) is 16.3. The SMILES string of the molecule is O=S(=O)(c1ccc(Br)cc1)N1CCC(Nc2ccncn2)CC1. The predicted molar refractivity (Wildman–Crippen MR) is 91.6 cm³/mol. The molecule has 0 unspecified atom stereocenters. The van der Waals surface area contributed by atoms with E-state index in [1.165, 1.54) is 6.33 Å². The zero-order valence-corrected chi connectivity index (χ0v) is 14.8. The van der Waals surface area contributed by atoms with E-state index in [1.807, 2.05) is 6.07 Å². The van der Waals surface area contributed by atoms with Gasteiger partial charge >= 0.3 is 0 Å². The van der Waals surface area contributed by atoms with E-state index in [1.54, 1.807) is 34.8 Å². The molecule has 0 aliphatic carbocycles. The van der Waals surface area contributed by atoms with E-state index < -0.39 is 10.0 Å². The van der Waals surface area contributed by atoms with Crippen LogP contribution in [0.2, 0.25) is 0 Å². The number of anilines is 1. The normalized spacial score (nSPS) is 17.1. The fraction of sp³-hybridized carbons (Fsp3) is 0.333. The highest BCUT2D eigenvalue weighted by molar-refractivity contribution is 9.10. The van der Waals surface area contributed by atoms with Gasteiger partial charge in [-0.2, -0.15) is 4.31 Å². The molecule has 0 radical (unpaired) electrons. The lowest BCUT2D eigenvalue weighted by molar-refractivity contribution is 0.329. The molecule has 122 valence electrons. The molecule has 6 nitrogen and oxygen atoms in total. The summed E-state index contributed by atoms with van der Waals surface area (Å²) in [6, 6.07) is 8.79. The molecule has 0 bridgehead atoms. The molecule has 1 fully saturated rings. The summed E-state index contributed by atoms with van der Waals surface area (Å²) >= 11 is 3.32. The summed E-state index contributed by atoms with van der Waals surface area (Å²) in [6.07, 6.45) is 4.68. The Labute approximate surface area is 144 Å². The highest BCUT2D eigenvalue weighted by atomic mass is 79.9. The predicted octanol–water partition coefficient (Wildman–Crippen LogP) is 2.50. The van der Waals surface area contributed by atoms with Crippen LogP contribution in [0.25, 0.3) is 0 Å². The largest absolute Gasteiger partial charge is 0.367 e. The van der Waals surface area contributed by atoms with E-state index in [-0.39, 0.29) is 6.04 Å². The first-order valence-electron chi connectivity index (χ1n) is 7.34. The molecule has 1 aliphatic heterocycles. The number of hydrogen-bond acceptors (Lipinski definition) is 5. The van der Waals surface area contributed by atoms with Gasteiger partial charge in [0, 0.05) is 29.8 Å². The summed E-state index contributed by atoms with van der Waals surface area (Å²) in [5.41, 5.74) is 0. The fourth-order valence-corrected chi connectivity index (χ4v) is 4.32. The summed E-state index contributed by atoms with van der Waals surface area (Å²) in [7, 11) is -3.42. The Bertz CT molecular complexity index is 745. The van der Waals surface area contributed by atoms with Gasteiger partial charge in [0.1, 0.15) is 12.1 Å². The average Bonchev–Trinajstić information content (AvgIpc) is 2.57. The first-order chi connectivity index (χ1) is 11.1. The lowest BCUT2D eigenvalue weighted by Crippen LogP contribution is -2.42. The third kappa shape index (κ3) is 3.88. The van der Waals surface area contributed by atoms with Crippen LogP contribution in [0.3, 0.4) is 0 Å². The van der Waals surface area contributed by atoms with Gasteiger partial charge in [-0.15, -0.1) is 0 Å². The maximum Gasteiger partial charge on any atom is 0.243 e. The third-order valence-corrected chi connectivity index (χ3v) is 6.28. The lowest BCUT2D eigenvalue weighted by Gasteiger charge is -2.31. The fourth-order valence-electron chi connectivity index (χ4n) is 2.58. The molecule has 1 aliphatic rings. The van der Waals surface area contributed by atoms with Gasteiger partial charge in [0.25, 0.3) is 0 Å². The number of nitrogens with one attached hydrogen (secondary N) is 1. The van der Waals surface area contributed by atoms with Gasteiger partial charge in [-0.25, -0.2) is 18.4 Å². The Morgan fingerprint density at radius 3 is 2.43 bits per heavy atom. The van der Waals surface area contributed by atoms with E-state index >= 15 is 0 Å². The van der Waals surface area contributed by atoms with Crippen molar-refractivity contribution in [1.82, 2.24) is 14.3 Å². The van der Waals surface area contributed by atoms with Crippen LogP contribution in [0.5, 0.6) is 0 Å². The standard InChI is InChI=1S/C15H17BrN4O2S/c16-12-1-3-14(4-2-12)23(21,22)20-9-6-13(7-10-20)19-15-5-8-17-11-18-15/h1-5,8,11,13H,6-7,9-10H2,(H,17,18,19). The monoisotopic (exact) mass is 396 g/mol. The molecular formula is C15H17BrN4O2S. The van der Waals surface area contributed by atoms with Crippen molar-refractivity contribution < 1.29 is 8.42 Å². The number of sulfonamides is 1. The molecule has 1 aromatic carbocycles. The minimum absolute atomic E-state index is 0.223. The van der Waals surface area contributed by atoms with Crippen LogP contribution in [0.15, 0.2) is 52.2 Å². The van der Waals surface area contributed by atoms with E-state index in [2.05, 4.69) is 31.2 Å². The van der Waals surface area contributed by atoms with Crippen LogP contribution in [-0.2, 0) is 10.0 Å². The number of benzene rings is 1. The molecular weight excluding hydrogens is 380 g/mol. The second-order valence-electron chi connectivity index (χ2n) is 5.37. The van der Waals surface area contributed by atoms with Crippen molar-refractivity contribution >= 4 is 31.8 Å². The van der Waals surface area contributed by atoms with Gasteiger partial charge in [-0.1, -0.05) is 15.9 Å². The van der Waals surface area contributed by atoms with Crippen LogP contribution in [0.4, 0.5) is 5.82 Å². The highest BCUT2D eigenvalue weighted by Crippen LogP contribution is 2.23. The van der Waals surface area contributed by atoms with Gasteiger partial charge < -0.3 is 5.32 Å². The Hall–Kier alpha value is -1.51. The Balaban J connectivity index is 1.63. The number of hydrogen-bond donors (Lipinski definition) is 1. The quantitative estimate of drug-likeness (QED) is 0.858. The first kappa shape index (κ1) is 16.4. The van der Waals surface area contributed by atoms with Crippen LogP contribution in [0.1, 0.15) is 12.8 Å². The van der Waals surface area contributed by atoms with Crippen LogP contribution >= 0.6 is 15.9 Å². The summed E-state index contributed by atoms with van der Waals surface area (Å²) in [5.74, 6) is 0.772. The maximum atomic E-state index is 12.6. The van der Waals surface area contributed by atoms with Gasteiger partial charge in [0.05, 0.1) is 4.90 Å². The Morgan fingerprint density at radius 2 is 1.83 bits per heavy atom. The molecule has 1 saturated heterocycles. The molecule has 0 amide bonds. The lowest BCUT2D eigenvalue weighted by atomic mass is 10.1. The molecule has 2 heterocycles. The summed E-state index contributed by atoms with van der Waals surface area (Å²) < 4.78 is 27.7. The van der Waals surface area contributed by atoms with Crippen molar-refractivity contribution in [2.75, 3.05) is 18.4 Å². The summed E-state index contributed by atoms with van der Waals surface area (Å²) in [4.78, 5) is 8.35. The zero-order valence-electron chi connectivity index (χ0n) is 12.4. The minimum Gasteiger partial charge on any atom is -0.367 e. The summed E-state index contributed by atoms with van der Waals surface area (Å²) in [5, 5.41) is 3.32. The van der Waals surface area contributed by atoms with E-state index in [0.717, 1.165) is 23.1 Å². The third-order valence-electron chi connectivity index (χ3n) is 3.84. The number of halogens is 1. The van der Waals surface area contributed by atoms with Gasteiger partial charge in [0.2, 0.25) is 10.0 Å². The number of piperidine rings is 1. The number of aromatic nitrogens is 2. The van der Waals surface area contributed by atoms with Crippen LogP contribution < -0.4 is 5.32 Å². The van der Waals surface area contributed by atoms with E-state index in [0.29, 0.717) is 18.0 Å². The molecule has 3 rings (SSSR count). The second-order valence-corrected chi connectivity index (χ2v) is 8.22. The number of rotatable bonds is 4. The first-order valence-corrected chi connectivity index (χ1v) is 9.57. The minimum atomic E-state index is -3.42. The smallest absolute Gasteiger partial charge is 0.243 e. The molecule has 2 aromatic rings. The van der Waals surface area contributed by atoms with Crippen molar-refractivity contribution in [2.24, 2.45) is 0 Å². The second kappa shape index (κ2) is 6.94. The van der Waals surface area contributed by atoms with E-state index in [9.17, 15) is 8.42 Å².